The van der Waals surface area contributed by atoms with Crippen LogP contribution in [0.2, 0.25) is 0 Å². The predicted molar refractivity (Wildman–Crippen MR) is 80.5 cm³/mol. The van der Waals surface area contributed by atoms with E-state index in [1.54, 1.807) is 0 Å². The minimum absolute atomic E-state index is 0.0286. The number of halogens is 3. The number of carbonyl (C=O) groups is 2. The Balaban J connectivity index is 2.41. The van der Waals surface area contributed by atoms with E-state index < -0.39 is 41.4 Å². The molecule has 1 aromatic rings. The summed E-state index contributed by atoms with van der Waals surface area (Å²) in [6, 6.07) is -0.171. The third kappa shape index (κ3) is 3.67. The number of carboxylic acid groups (broad SMARTS) is 1. The van der Waals surface area contributed by atoms with Crippen molar-refractivity contribution >= 4 is 11.9 Å². The van der Waals surface area contributed by atoms with Crippen molar-refractivity contribution in [1.82, 2.24) is 4.90 Å². The highest BCUT2D eigenvalue weighted by Gasteiger charge is 2.37. The monoisotopic (exact) mass is 339 g/mol. The number of amides is 1. The Labute approximate surface area is 136 Å². The van der Waals surface area contributed by atoms with Crippen molar-refractivity contribution < 1.29 is 27.9 Å². The lowest BCUT2D eigenvalue weighted by Gasteiger charge is -2.29. The first kappa shape index (κ1) is 17.8. The Morgan fingerprint density at radius 3 is 2.50 bits per heavy atom. The third-order valence-electron chi connectivity index (χ3n) is 3.90. The van der Waals surface area contributed by atoms with Gasteiger partial charge in [-0.05, 0) is 18.9 Å². The Bertz CT molecular complexity index is 703. The second-order valence-corrected chi connectivity index (χ2v) is 5.44. The van der Waals surface area contributed by atoms with Crippen molar-refractivity contribution in [3.05, 3.63) is 60.0 Å². The summed E-state index contributed by atoms with van der Waals surface area (Å²) in [5, 5.41) is 8.74. The molecular weight excluding hydrogens is 323 g/mol. The summed E-state index contributed by atoms with van der Waals surface area (Å²) in [7, 11) is 0. The molecule has 128 valence electrons. The van der Waals surface area contributed by atoms with Crippen LogP contribution in [0, 0.1) is 17.5 Å². The summed E-state index contributed by atoms with van der Waals surface area (Å²) in [6.45, 7) is 3.47. The van der Waals surface area contributed by atoms with Crippen LogP contribution in [-0.2, 0) is 9.59 Å². The topological polar surface area (TPSA) is 57.6 Å². The van der Waals surface area contributed by atoms with Gasteiger partial charge in [-0.3, -0.25) is 4.79 Å². The van der Waals surface area contributed by atoms with Gasteiger partial charge in [0.15, 0.2) is 11.6 Å². The first-order valence-corrected chi connectivity index (χ1v) is 7.32. The molecule has 1 heterocycles. The average Bonchev–Trinajstić information content (AvgIpc) is 2.92. The quantitative estimate of drug-likeness (QED) is 0.508. The zero-order chi connectivity index (χ0) is 17.9. The summed E-state index contributed by atoms with van der Waals surface area (Å²) in [5.41, 5.74) is -0.127. The summed E-state index contributed by atoms with van der Waals surface area (Å²) < 4.78 is 40.7. The molecule has 0 saturated carbocycles. The van der Waals surface area contributed by atoms with Gasteiger partial charge in [-0.2, -0.15) is 0 Å². The van der Waals surface area contributed by atoms with Gasteiger partial charge in [0.05, 0.1) is 12.1 Å². The molecule has 4 nitrogen and oxygen atoms in total. The number of carbonyl (C=O) groups excluding carboxylic acids is 1. The van der Waals surface area contributed by atoms with Crippen molar-refractivity contribution in [2.75, 3.05) is 0 Å². The van der Waals surface area contributed by atoms with E-state index in [2.05, 4.69) is 6.58 Å². The molecule has 0 bridgehead atoms. The van der Waals surface area contributed by atoms with Gasteiger partial charge in [0.25, 0.3) is 0 Å². The van der Waals surface area contributed by atoms with E-state index in [0.717, 1.165) is 12.1 Å². The van der Waals surface area contributed by atoms with Gasteiger partial charge in [0.2, 0.25) is 5.91 Å². The number of aliphatic carboxylic acids is 1. The minimum Gasteiger partial charge on any atom is -0.478 e. The Hall–Kier alpha value is -2.57. The molecule has 24 heavy (non-hydrogen) atoms. The molecule has 1 saturated heterocycles. The van der Waals surface area contributed by atoms with E-state index in [0.29, 0.717) is 18.9 Å². The number of hydrogen-bond acceptors (Lipinski definition) is 2. The Morgan fingerprint density at radius 2 is 1.88 bits per heavy atom. The van der Waals surface area contributed by atoms with Crippen molar-refractivity contribution in [3.63, 3.8) is 0 Å². The summed E-state index contributed by atoms with van der Waals surface area (Å²) in [6.07, 6.45) is 4.27. The third-order valence-corrected chi connectivity index (χ3v) is 3.90. The van der Waals surface area contributed by atoms with Crippen LogP contribution in [0.4, 0.5) is 13.2 Å². The van der Waals surface area contributed by atoms with Gasteiger partial charge in [-0.25, -0.2) is 18.0 Å². The number of carboxylic acids is 1. The lowest BCUT2D eigenvalue weighted by Crippen LogP contribution is -2.36. The number of likely N-dealkylation sites (tertiary alicyclic amines) is 1. The van der Waals surface area contributed by atoms with Crippen LogP contribution < -0.4 is 0 Å². The van der Waals surface area contributed by atoms with Crippen molar-refractivity contribution in [2.45, 2.75) is 31.3 Å². The number of benzene rings is 1. The molecule has 1 aromatic carbocycles. The van der Waals surface area contributed by atoms with Crippen LogP contribution in [0.3, 0.4) is 0 Å². The SMILES string of the molecule is C=CCC(=O)N1[C@@H](/C=C/C(=O)O)CC[C@H]1c1cc(F)c(F)cc1F. The van der Waals surface area contributed by atoms with Gasteiger partial charge in [0.1, 0.15) is 5.82 Å². The summed E-state index contributed by atoms with van der Waals surface area (Å²) >= 11 is 0. The largest absolute Gasteiger partial charge is 0.478 e. The smallest absolute Gasteiger partial charge is 0.328 e. The van der Waals surface area contributed by atoms with Crippen LogP contribution in [0.5, 0.6) is 0 Å². The van der Waals surface area contributed by atoms with Crippen LogP contribution in [-0.4, -0.2) is 27.9 Å². The predicted octanol–water partition coefficient (Wildman–Crippen LogP) is 3.35. The minimum atomic E-state index is -1.31. The number of hydrogen-bond donors (Lipinski definition) is 1. The maximum absolute atomic E-state index is 14.1. The van der Waals surface area contributed by atoms with Crippen molar-refractivity contribution in [2.24, 2.45) is 0 Å². The Morgan fingerprint density at radius 1 is 1.21 bits per heavy atom. The lowest BCUT2D eigenvalue weighted by atomic mass is 10.0. The van der Waals surface area contributed by atoms with Gasteiger partial charge in [0, 0.05) is 24.1 Å². The standard InChI is InChI=1S/C17H16F3NO3/c1-2-3-16(22)21-10(5-7-17(23)24)4-6-15(21)11-8-13(19)14(20)9-12(11)18/h2,5,7-10,15H,1,3-4,6H2,(H,23,24)/b7-5+/t10-,15+/m1/s1. The molecule has 7 heteroatoms. The van der Waals surface area contributed by atoms with E-state index in [1.807, 2.05) is 0 Å². The van der Waals surface area contributed by atoms with Gasteiger partial charge in [-0.1, -0.05) is 12.2 Å². The normalized spacial score (nSPS) is 20.5. The molecule has 1 amide bonds. The molecule has 2 atom stereocenters. The fraction of sp³-hybridized carbons (Fsp3) is 0.294. The molecule has 0 aromatic heterocycles. The zero-order valence-corrected chi connectivity index (χ0v) is 12.7. The first-order valence-electron chi connectivity index (χ1n) is 7.32. The summed E-state index contributed by atoms with van der Waals surface area (Å²) in [5.74, 6) is -5.02. The fourth-order valence-electron chi connectivity index (χ4n) is 2.91. The molecule has 1 N–H and O–H groups in total. The highest BCUT2D eigenvalue weighted by molar-refractivity contribution is 5.81. The maximum Gasteiger partial charge on any atom is 0.328 e. The molecule has 0 spiro atoms. The molecule has 0 unspecified atom stereocenters. The maximum atomic E-state index is 14.1. The number of nitrogens with zero attached hydrogens (tertiary/aromatic N) is 1. The summed E-state index contributed by atoms with van der Waals surface area (Å²) in [4.78, 5) is 24.3. The van der Waals surface area contributed by atoms with Crippen LogP contribution in [0.15, 0.2) is 36.9 Å². The van der Waals surface area contributed by atoms with E-state index in [9.17, 15) is 22.8 Å². The van der Waals surface area contributed by atoms with E-state index in [-0.39, 0.29) is 12.0 Å². The average molecular weight is 339 g/mol. The second-order valence-electron chi connectivity index (χ2n) is 5.44. The molecule has 0 aliphatic carbocycles. The molecule has 0 radical (unpaired) electrons. The first-order chi connectivity index (χ1) is 11.3. The van der Waals surface area contributed by atoms with Crippen LogP contribution >= 0.6 is 0 Å². The highest BCUT2D eigenvalue weighted by atomic mass is 19.2. The molecule has 1 aliphatic rings. The van der Waals surface area contributed by atoms with Crippen molar-refractivity contribution in [3.8, 4) is 0 Å². The van der Waals surface area contributed by atoms with E-state index in [4.69, 9.17) is 5.11 Å². The fourth-order valence-corrected chi connectivity index (χ4v) is 2.91. The van der Waals surface area contributed by atoms with Crippen LogP contribution in [0.1, 0.15) is 30.9 Å². The van der Waals surface area contributed by atoms with E-state index in [1.165, 1.54) is 17.1 Å². The molecule has 2 rings (SSSR count). The Kier molecular flexibility index (Phi) is 5.43. The van der Waals surface area contributed by atoms with Crippen LogP contribution in [0.25, 0.3) is 0 Å². The molecular formula is C17H16F3NO3. The highest BCUT2D eigenvalue weighted by Crippen LogP contribution is 2.38. The molecule has 1 fully saturated rings. The molecule has 1 aliphatic heterocycles. The van der Waals surface area contributed by atoms with Gasteiger partial charge in [-0.15, -0.1) is 6.58 Å². The second kappa shape index (κ2) is 7.33. The lowest BCUT2D eigenvalue weighted by molar-refractivity contribution is -0.133. The van der Waals surface area contributed by atoms with Gasteiger partial charge >= 0.3 is 5.97 Å². The number of rotatable bonds is 5. The van der Waals surface area contributed by atoms with E-state index >= 15 is 0 Å². The zero-order valence-electron chi connectivity index (χ0n) is 12.7. The van der Waals surface area contributed by atoms with Gasteiger partial charge < -0.3 is 10.0 Å². The van der Waals surface area contributed by atoms with Crippen molar-refractivity contribution in [1.29, 1.82) is 0 Å².